The Kier molecular flexibility index (Phi) is 3.92. The topological polar surface area (TPSA) is 78.6 Å². The fourth-order valence-electron chi connectivity index (χ4n) is 3.08. The summed E-state index contributed by atoms with van der Waals surface area (Å²) in [6.07, 6.45) is 0. The number of anilines is 1. The van der Waals surface area contributed by atoms with Crippen LogP contribution in [0.3, 0.4) is 0 Å². The molecule has 4 rings (SSSR count). The second kappa shape index (κ2) is 6.29. The van der Waals surface area contributed by atoms with Crippen LogP contribution in [-0.4, -0.2) is 11.6 Å². The predicted molar refractivity (Wildman–Crippen MR) is 101 cm³/mol. The van der Waals surface area contributed by atoms with Crippen LogP contribution >= 0.6 is 0 Å². The molecule has 0 aromatic heterocycles. The minimum absolute atomic E-state index is 0.103. The normalized spacial score (nSPS) is 11.6. The van der Waals surface area contributed by atoms with E-state index in [0.717, 1.165) is 11.1 Å². The SMILES string of the molecule is Cc1c(N)ccc(C(=O)c2ccc(C(=O)c3ccc4cc3OO4)cc2)c1C. The van der Waals surface area contributed by atoms with E-state index in [1.54, 1.807) is 54.6 Å². The molecule has 0 spiro atoms. The third kappa shape index (κ3) is 2.83. The molecule has 0 saturated heterocycles. The van der Waals surface area contributed by atoms with Crippen LogP contribution < -0.4 is 15.5 Å². The molecular formula is C22H17NO4. The molecule has 0 aliphatic carbocycles. The van der Waals surface area contributed by atoms with E-state index in [1.807, 2.05) is 13.8 Å². The first kappa shape index (κ1) is 16.8. The van der Waals surface area contributed by atoms with Gasteiger partial charge in [0.15, 0.2) is 23.1 Å². The molecule has 3 aromatic rings. The Morgan fingerprint density at radius 1 is 0.741 bits per heavy atom. The van der Waals surface area contributed by atoms with E-state index in [2.05, 4.69) is 0 Å². The number of hydrogen-bond donors (Lipinski definition) is 1. The van der Waals surface area contributed by atoms with Gasteiger partial charge >= 0.3 is 0 Å². The summed E-state index contributed by atoms with van der Waals surface area (Å²) in [5.41, 5.74) is 10.3. The summed E-state index contributed by atoms with van der Waals surface area (Å²) in [6, 6.07) is 15.1. The number of carbonyl (C=O) groups excluding carboxylic acids is 2. The molecule has 1 heterocycles. The fourth-order valence-corrected chi connectivity index (χ4v) is 3.08. The molecule has 5 nitrogen and oxygen atoms in total. The van der Waals surface area contributed by atoms with Crippen LogP contribution in [0, 0.1) is 13.8 Å². The highest BCUT2D eigenvalue weighted by Crippen LogP contribution is 2.32. The van der Waals surface area contributed by atoms with Gasteiger partial charge in [0.05, 0.1) is 5.56 Å². The highest BCUT2D eigenvalue weighted by molar-refractivity contribution is 6.13. The fraction of sp³-hybridized carbons (Fsp3) is 0.0909. The standard InChI is InChI=1S/C22H17NO4/c1-12-13(2)19(23)10-9-17(12)21(24)14-3-5-15(6-4-14)22(25)18-8-7-16-11-20(18)27-26-16/h3-11H,23H2,1-2H3. The van der Waals surface area contributed by atoms with Crippen molar-refractivity contribution in [2.75, 3.05) is 5.73 Å². The van der Waals surface area contributed by atoms with Gasteiger partial charge in [0.1, 0.15) is 0 Å². The van der Waals surface area contributed by atoms with E-state index in [1.165, 1.54) is 0 Å². The van der Waals surface area contributed by atoms with Crippen LogP contribution in [0.5, 0.6) is 11.5 Å². The Hall–Kier alpha value is -3.60. The Bertz CT molecular complexity index is 1080. The number of nitrogen functional groups attached to an aromatic ring is 1. The largest absolute Gasteiger partial charge is 0.399 e. The summed E-state index contributed by atoms with van der Waals surface area (Å²) >= 11 is 0. The van der Waals surface area contributed by atoms with Crippen LogP contribution in [0.1, 0.15) is 43.0 Å². The molecule has 0 unspecified atom stereocenters. The first-order valence-electron chi connectivity index (χ1n) is 8.49. The smallest absolute Gasteiger partial charge is 0.196 e. The highest BCUT2D eigenvalue weighted by atomic mass is 17.2. The van der Waals surface area contributed by atoms with Crippen molar-refractivity contribution in [1.82, 2.24) is 0 Å². The van der Waals surface area contributed by atoms with Crippen molar-refractivity contribution in [3.63, 3.8) is 0 Å². The van der Waals surface area contributed by atoms with Crippen molar-refractivity contribution >= 4 is 17.3 Å². The zero-order valence-electron chi connectivity index (χ0n) is 14.9. The maximum atomic E-state index is 12.8. The van der Waals surface area contributed by atoms with Gasteiger partial charge in [0.2, 0.25) is 0 Å². The van der Waals surface area contributed by atoms with E-state index in [0.29, 0.717) is 39.4 Å². The molecule has 3 aromatic carbocycles. The molecule has 0 radical (unpaired) electrons. The van der Waals surface area contributed by atoms with Crippen LogP contribution in [0.15, 0.2) is 54.6 Å². The van der Waals surface area contributed by atoms with E-state index in [4.69, 9.17) is 15.5 Å². The maximum absolute atomic E-state index is 12.8. The second-order valence-electron chi connectivity index (χ2n) is 6.51. The summed E-state index contributed by atoms with van der Waals surface area (Å²) in [6.45, 7) is 3.77. The lowest BCUT2D eigenvalue weighted by molar-refractivity contribution is -0.0849. The highest BCUT2D eigenvalue weighted by Gasteiger charge is 2.22. The molecule has 27 heavy (non-hydrogen) atoms. The summed E-state index contributed by atoms with van der Waals surface area (Å²) < 4.78 is 0. The molecule has 0 amide bonds. The van der Waals surface area contributed by atoms with Crippen LogP contribution in [0.25, 0.3) is 0 Å². The lowest BCUT2D eigenvalue weighted by Gasteiger charge is -2.10. The third-order valence-electron chi connectivity index (χ3n) is 4.91. The quantitative estimate of drug-likeness (QED) is 0.432. The van der Waals surface area contributed by atoms with Gasteiger partial charge in [-0.25, -0.2) is 0 Å². The maximum Gasteiger partial charge on any atom is 0.196 e. The third-order valence-corrected chi connectivity index (χ3v) is 4.91. The van der Waals surface area contributed by atoms with Crippen molar-refractivity contribution in [1.29, 1.82) is 0 Å². The minimum atomic E-state index is -0.194. The number of rotatable bonds is 4. The van der Waals surface area contributed by atoms with Gasteiger partial charge in [0.25, 0.3) is 0 Å². The number of fused-ring (bicyclic) bond motifs is 2. The Morgan fingerprint density at radius 3 is 2.00 bits per heavy atom. The second-order valence-corrected chi connectivity index (χ2v) is 6.51. The van der Waals surface area contributed by atoms with Gasteiger partial charge in [0, 0.05) is 28.4 Å². The summed E-state index contributed by atoms with van der Waals surface area (Å²) in [4.78, 5) is 35.5. The molecule has 5 heteroatoms. The Labute approximate surface area is 156 Å². The van der Waals surface area contributed by atoms with Gasteiger partial charge < -0.3 is 5.73 Å². The molecule has 2 bridgehead atoms. The Balaban J connectivity index is 1.62. The molecule has 134 valence electrons. The van der Waals surface area contributed by atoms with Crippen molar-refractivity contribution in [3.8, 4) is 11.5 Å². The summed E-state index contributed by atoms with van der Waals surface area (Å²) in [5.74, 6) is 0.664. The van der Waals surface area contributed by atoms with Gasteiger partial charge in [-0.15, -0.1) is 0 Å². The van der Waals surface area contributed by atoms with Crippen LogP contribution in [0.2, 0.25) is 0 Å². The molecule has 1 aliphatic rings. The summed E-state index contributed by atoms with van der Waals surface area (Å²) in [5, 5.41) is 0. The lowest BCUT2D eigenvalue weighted by atomic mass is 9.94. The number of ketones is 2. The number of carbonyl (C=O) groups is 2. The first-order valence-corrected chi connectivity index (χ1v) is 8.49. The summed E-state index contributed by atoms with van der Waals surface area (Å²) in [7, 11) is 0. The molecule has 2 N–H and O–H groups in total. The Morgan fingerprint density at radius 2 is 1.33 bits per heavy atom. The van der Waals surface area contributed by atoms with Gasteiger partial charge in [-0.2, -0.15) is 0 Å². The van der Waals surface area contributed by atoms with E-state index < -0.39 is 0 Å². The zero-order valence-corrected chi connectivity index (χ0v) is 14.9. The predicted octanol–water partition coefficient (Wildman–Crippen LogP) is 4.03. The van der Waals surface area contributed by atoms with Crippen molar-refractivity contribution in [2.45, 2.75) is 13.8 Å². The number of nitrogens with two attached hydrogens (primary N) is 1. The van der Waals surface area contributed by atoms with Crippen molar-refractivity contribution < 1.29 is 19.4 Å². The molecule has 0 fully saturated rings. The minimum Gasteiger partial charge on any atom is -0.399 e. The van der Waals surface area contributed by atoms with Crippen LogP contribution in [0.4, 0.5) is 5.69 Å². The average Bonchev–Trinajstić information content (AvgIpc) is 3.06. The van der Waals surface area contributed by atoms with Crippen molar-refractivity contribution in [2.24, 2.45) is 0 Å². The van der Waals surface area contributed by atoms with Gasteiger partial charge in [-0.1, -0.05) is 24.3 Å². The number of benzene rings is 3. The zero-order chi connectivity index (χ0) is 19.1. The number of hydrogen-bond acceptors (Lipinski definition) is 5. The lowest BCUT2D eigenvalue weighted by Crippen LogP contribution is -2.08. The van der Waals surface area contributed by atoms with E-state index in [9.17, 15) is 9.59 Å². The van der Waals surface area contributed by atoms with E-state index in [-0.39, 0.29) is 11.6 Å². The van der Waals surface area contributed by atoms with E-state index >= 15 is 0 Å². The first-order chi connectivity index (χ1) is 13.0. The van der Waals surface area contributed by atoms with Gasteiger partial charge in [-0.05, 0) is 49.2 Å². The molecule has 0 saturated carbocycles. The molecule has 0 atom stereocenters. The van der Waals surface area contributed by atoms with Crippen LogP contribution in [-0.2, 0) is 0 Å². The molecular weight excluding hydrogens is 342 g/mol. The molecule has 1 aliphatic heterocycles. The monoisotopic (exact) mass is 359 g/mol. The van der Waals surface area contributed by atoms with Crippen molar-refractivity contribution in [3.05, 3.63) is 88.0 Å². The van der Waals surface area contributed by atoms with Gasteiger partial charge in [-0.3, -0.25) is 19.4 Å². The average molecular weight is 359 g/mol.